The molecule has 0 heterocycles. The van der Waals surface area contributed by atoms with E-state index in [1.54, 1.807) is 72.8 Å². The SMILES string of the molecule is CCCCCCCCCCOc1ccc(OC(=O)c2ccc(OCCCCCCCOc3ccc(C(=O)Oc4ccc(OCCCCCCCCCC)cc4)cc3)cc2)cc1. The number of hydrogen-bond acceptors (Lipinski definition) is 8. The molecule has 4 rings (SSSR count). The van der Waals surface area contributed by atoms with Crippen molar-refractivity contribution in [1.82, 2.24) is 0 Å². The Kier molecular flexibility index (Phi) is 24.7. The first-order chi connectivity index (χ1) is 30.0. The fourth-order valence-corrected chi connectivity index (χ4v) is 6.88. The molecule has 0 spiro atoms. The number of carbonyl (C=O) groups excluding carboxylic acids is 2. The van der Waals surface area contributed by atoms with Crippen LogP contribution in [0.1, 0.15) is 169 Å². The Morgan fingerprint density at radius 3 is 0.770 bits per heavy atom. The summed E-state index contributed by atoms with van der Waals surface area (Å²) in [7, 11) is 0. The standard InChI is InChI=1S/C53H72O8/c1-3-5-7-9-11-13-16-20-42-58-48-32-36-50(37-33-48)60-52(54)44-24-28-46(29-25-44)56-40-22-18-15-19-23-41-57-47-30-26-45(27-31-47)53(55)61-51-38-34-49(35-39-51)59-43-21-17-14-12-10-8-6-4-2/h24-39H,3-23,40-43H2,1-2H3. The first-order valence-corrected chi connectivity index (χ1v) is 23.4. The van der Waals surface area contributed by atoms with Crippen LogP contribution < -0.4 is 28.4 Å². The molecular formula is C53H72O8. The molecule has 0 aliphatic heterocycles. The van der Waals surface area contributed by atoms with Crippen LogP contribution >= 0.6 is 0 Å². The Labute approximate surface area is 366 Å². The van der Waals surface area contributed by atoms with Gasteiger partial charge in [0.05, 0.1) is 37.6 Å². The molecule has 332 valence electrons. The van der Waals surface area contributed by atoms with Crippen LogP contribution in [-0.4, -0.2) is 38.4 Å². The van der Waals surface area contributed by atoms with Gasteiger partial charge in [-0.2, -0.15) is 0 Å². The summed E-state index contributed by atoms with van der Waals surface area (Å²) >= 11 is 0. The van der Waals surface area contributed by atoms with Crippen LogP contribution in [0.5, 0.6) is 34.5 Å². The molecule has 0 N–H and O–H groups in total. The molecule has 4 aromatic carbocycles. The van der Waals surface area contributed by atoms with Gasteiger partial charge >= 0.3 is 11.9 Å². The molecule has 0 amide bonds. The summed E-state index contributed by atoms with van der Waals surface area (Å²) in [5.41, 5.74) is 0.935. The number of unbranched alkanes of at least 4 members (excludes halogenated alkanes) is 18. The lowest BCUT2D eigenvalue weighted by molar-refractivity contribution is 0.0725. The third-order valence-corrected chi connectivity index (χ3v) is 10.6. The maximum Gasteiger partial charge on any atom is 0.343 e. The van der Waals surface area contributed by atoms with Crippen molar-refractivity contribution in [2.75, 3.05) is 26.4 Å². The zero-order valence-corrected chi connectivity index (χ0v) is 37.2. The van der Waals surface area contributed by atoms with E-state index < -0.39 is 11.9 Å². The van der Waals surface area contributed by atoms with Crippen LogP contribution in [0.2, 0.25) is 0 Å². The van der Waals surface area contributed by atoms with E-state index >= 15 is 0 Å². The second kappa shape index (κ2) is 31.0. The fraction of sp³-hybridized carbons (Fsp3) is 0.509. The van der Waals surface area contributed by atoms with Crippen molar-refractivity contribution in [3.8, 4) is 34.5 Å². The van der Waals surface area contributed by atoms with E-state index in [4.69, 9.17) is 28.4 Å². The molecule has 8 heteroatoms. The Hall–Kier alpha value is -4.98. The highest BCUT2D eigenvalue weighted by atomic mass is 16.5. The van der Waals surface area contributed by atoms with E-state index in [9.17, 15) is 9.59 Å². The lowest BCUT2D eigenvalue weighted by Gasteiger charge is -2.09. The van der Waals surface area contributed by atoms with Gasteiger partial charge in [-0.25, -0.2) is 9.59 Å². The van der Waals surface area contributed by atoms with E-state index in [1.807, 2.05) is 24.3 Å². The molecule has 8 nitrogen and oxygen atoms in total. The van der Waals surface area contributed by atoms with Crippen LogP contribution in [-0.2, 0) is 0 Å². The van der Waals surface area contributed by atoms with Crippen molar-refractivity contribution in [2.24, 2.45) is 0 Å². The number of rotatable bonds is 34. The van der Waals surface area contributed by atoms with Crippen LogP contribution in [0.4, 0.5) is 0 Å². The van der Waals surface area contributed by atoms with Crippen molar-refractivity contribution < 1.29 is 38.0 Å². The molecular weight excluding hydrogens is 765 g/mol. The Balaban J connectivity index is 0.982. The molecule has 0 unspecified atom stereocenters. The average molecular weight is 837 g/mol. The highest BCUT2D eigenvalue weighted by molar-refractivity contribution is 5.91. The van der Waals surface area contributed by atoms with Gasteiger partial charge < -0.3 is 28.4 Å². The van der Waals surface area contributed by atoms with E-state index in [2.05, 4.69) is 13.8 Å². The molecule has 4 aromatic rings. The van der Waals surface area contributed by atoms with Crippen molar-refractivity contribution in [3.05, 3.63) is 108 Å². The van der Waals surface area contributed by atoms with Gasteiger partial charge in [0.2, 0.25) is 0 Å². The predicted octanol–water partition coefficient (Wildman–Crippen LogP) is 14.6. The van der Waals surface area contributed by atoms with Crippen molar-refractivity contribution >= 4 is 11.9 Å². The van der Waals surface area contributed by atoms with E-state index in [1.165, 1.54) is 89.9 Å². The summed E-state index contributed by atoms with van der Waals surface area (Å²) < 4.78 is 34.6. The molecule has 0 aromatic heterocycles. The van der Waals surface area contributed by atoms with Crippen LogP contribution in [0.15, 0.2) is 97.1 Å². The molecule has 0 aliphatic carbocycles. The zero-order valence-electron chi connectivity index (χ0n) is 37.2. The quantitative estimate of drug-likeness (QED) is 0.0261. The van der Waals surface area contributed by atoms with Crippen LogP contribution in [0.25, 0.3) is 0 Å². The molecule has 0 aliphatic rings. The normalized spacial score (nSPS) is 10.9. The first kappa shape index (κ1) is 48.7. The molecule has 0 bridgehead atoms. The van der Waals surface area contributed by atoms with Crippen molar-refractivity contribution in [2.45, 2.75) is 149 Å². The van der Waals surface area contributed by atoms with Gasteiger partial charge in [-0.05, 0) is 123 Å². The third-order valence-electron chi connectivity index (χ3n) is 10.6. The number of esters is 2. The third kappa shape index (κ3) is 21.4. The molecule has 0 saturated heterocycles. The second-order valence-electron chi connectivity index (χ2n) is 15.9. The Morgan fingerprint density at radius 1 is 0.295 bits per heavy atom. The first-order valence-electron chi connectivity index (χ1n) is 23.4. The second-order valence-corrected chi connectivity index (χ2v) is 15.9. The van der Waals surface area contributed by atoms with E-state index in [0.29, 0.717) is 49.1 Å². The summed E-state index contributed by atoms with van der Waals surface area (Å²) in [6, 6.07) is 28.6. The Morgan fingerprint density at radius 2 is 0.508 bits per heavy atom. The number of hydrogen-bond donors (Lipinski definition) is 0. The van der Waals surface area contributed by atoms with Crippen LogP contribution in [0, 0.1) is 0 Å². The van der Waals surface area contributed by atoms with Crippen molar-refractivity contribution in [1.29, 1.82) is 0 Å². The lowest BCUT2D eigenvalue weighted by atomic mass is 10.1. The predicted molar refractivity (Wildman–Crippen MR) is 246 cm³/mol. The van der Waals surface area contributed by atoms with E-state index in [0.717, 1.165) is 67.9 Å². The van der Waals surface area contributed by atoms with Crippen LogP contribution in [0.3, 0.4) is 0 Å². The maximum absolute atomic E-state index is 12.7. The minimum Gasteiger partial charge on any atom is -0.494 e. The summed E-state index contributed by atoms with van der Waals surface area (Å²) in [4.78, 5) is 25.4. The topological polar surface area (TPSA) is 89.5 Å². The summed E-state index contributed by atoms with van der Waals surface area (Å²) in [6.07, 6.45) is 25.4. The van der Waals surface area contributed by atoms with Gasteiger partial charge in [0.1, 0.15) is 34.5 Å². The van der Waals surface area contributed by atoms with Gasteiger partial charge in [0, 0.05) is 0 Å². The van der Waals surface area contributed by atoms with Gasteiger partial charge in [-0.3, -0.25) is 0 Å². The average Bonchev–Trinajstić information content (AvgIpc) is 3.28. The smallest absolute Gasteiger partial charge is 0.343 e. The van der Waals surface area contributed by atoms with Crippen molar-refractivity contribution in [3.63, 3.8) is 0 Å². The van der Waals surface area contributed by atoms with Gasteiger partial charge in [-0.15, -0.1) is 0 Å². The molecule has 0 fully saturated rings. The highest BCUT2D eigenvalue weighted by Gasteiger charge is 2.11. The highest BCUT2D eigenvalue weighted by Crippen LogP contribution is 2.23. The largest absolute Gasteiger partial charge is 0.494 e. The van der Waals surface area contributed by atoms with E-state index in [-0.39, 0.29) is 0 Å². The zero-order chi connectivity index (χ0) is 43.0. The number of carbonyl (C=O) groups is 2. The maximum atomic E-state index is 12.7. The monoisotopic (exact) mass is 837 g/mol. The minimum absolute atomic E-state index is 0.410. The Bertz CT molecular complexity index is 1590. The summed E-state index contributed by atoms with van der Waals surface area (Å²) in [5, 5.41) is 0. The lowest BCUT2D eigenvalue weighted by Crippen LogP contribution is -2.08. The molecule has 0 saturated carbocycles. The van der Waals surface area contributed by atoms with Gasteiger partial charge in [-0.1, -0.05) is 123 Å². The minimum atomic E-state index is -0.410. The molecule has 0 radical (unpaired) electrons. The fourth-order valence-electron chi connectivity index (χ4n) is 6.88. The summed E-state index contributed by atoms with van der Waals surface area (Å²) in [6.45, 7) is 7.12. The molecule has 61 heavy (non-hydrogen) atoms. The summed E-state index contributed by atoms with van der Waals surface area (Å²) in [5.74, 6) is 3.17. The number of benzene rings is 4. The number of ether oxygens (including phenoxy) is 6. The molecule has 0 atom stereocenters. The van der Waals surface area contributed by atoms with Gasteiger partial charge in [0.25, 0.3) is 0 Å². The van der Waals surface area contributed by atoms with Gasteiger partial charge in [0.15, 0.2) is 0 Å².